The number of aromatic nitrogens is 2. The van der Waals surface area contributed by atoms with Crippen molar-refractivity contribution in [2.75, 3.05) is 40.3 Å². The van der Waals surface area contributed by atoms with Crippen molar-refractivity contribution < 1.29 is 4.79 Å². The third-order valence-corrected chi connectivity index (χ3v) is 4.71. The van der Waals surface area contributed by atoms with Gasteiger partial charge in [-0.1, -0.05) is 25.1 Å². The van der Waals surface area contributed by atoms with Crippen molar-refractivity contribution in [3.63, 3.8) is 0 Å². The van der Waals surface area contributed by atoms with Gasteiger partial charge in [-0.25, -0.2) is 4.99 Å². The fourth-order valence-electron chi connectivity index (χ4n) is 3.21. The number of nitrogens with zero attached hydrogens (tertiary/aromatic N) is 5. The average Bonchev–Trinajstić information content (AvgIpc) is 3.28. The Hall–Kier alpha value is -2.57. The van der Waals surface area contributed by atoms with Crippen LogP contribution in [0.1, 0.15) is 25.8 Å². The predicted octanol–water partition coefficient (Wildman–Crippen LogP) is 1.73. The van der Waals surface area contributed by atoms with Gasteiger partial charge in [0.25, 0.3) is 0 Å². The van der Waals surface area contributed by atoms with E-state index in [0.717, 1.165) is 38.4 Å². The highest BCUT2D eigenvalue weighted by Gasteiger charge is 2.27. The van der Waals surface area contributed by atoms with Crippen LogP contribution in [0.5, 0.6) is 0 Å². The molecule has 26 heavy (non-hydrogen) atoms. The third kappa shape index (κ3) is 3.98. The van der Waals surface area contributed by atoms with Crippen molar-refractivity contribution in [3.05, 3.63) is 30.5 Å². The number of rotatable bonds is 5. The molecule has 7 nitrogen and oxygen atoms in total. The van der Waals surface area contributed by atoms with Gasteiger partial charge in [-0.2, -0.15) is 5.10 Å². The molecular weight excluding hydrogens is 328 g/mol. The molecule has 1 saturated heterocycles. The Balaban J connectivity index is 1.73. The number of guanidine groups is 1. The number of para-hydroxylation sites is 1. The molecule has 0 saturated carbocycles. The molecule has 2 heterocycles. The molecule has 0 spiro atoms. The van der Waals surface area contributed by atoms with Gasteiger partial charge in [0.15, 0.2) is 5.96 Å². The van der Waals surface area contributed by atoms with E-state index in [-0.39, 0.29) is 12.5 Å². The van der Waals surface area contributed by atoms with Gasteiger partial charge >= 0.3 is 0 Å². The Bertz CT molecular complexity index is 781. The topological polar surface area (TPSA) is 65.8 Å². The number of benzene rings is 1. The first-order valence-corrected chi connectivity index (χ1v) is 9.25. The summed E-state index contributed by atoms with van der Waals surface area (Å²) in [5.74, 6) is 0.829. The van der Waals surface area contributed by atoms with Crippen molar-refractivity contribution in [2.45, 2.75) is 25.8 Å². The molecule has 1 aliphatic rings. The zero-order valence-electron chi connectivity index (χ0n) is 15.9. The SMILES string of the molecule is CCCNC(=NCC(=O)N(C)C)N1CCC(n2ncc3ccccc32)C1. The molecular formula is C19H28N6O. The van der Waals surface area contributed by atoms with Gasteiger partial charge in [-0.05, 0) is 18.9 Å². The number of hydrogen-bond donors (Lipinski definition) is 1. The molecule has 2 aromatic rings. The van der Waals surface area contributed by atoms with Gasteiger partial charge in [0, 0.05) is 39.1 Å². The van der Waals surface area contributed by atoms with E-state index in [1.54, 1.807) is 19.0 Å². The maximum atomic E-state index is 11.9. The lowest BCUT2D eigenvalue weighted by molar-refractivity contribution is -0.127. The monoisotopic (exact) mass is 356 g/mol. The molecule has 1 aliphatic heterocycles. The Morgan fingerprint density at radius 1 is 1.38 bits per heavy atom. The van der Waals surface area contributed by atoms with Crippen LogP contribution in [0.15, 0.2) is 35.5 Å². The van der Waals surface area contributed by atoms with Crippen molar-refractivity contribution in [3.8, 4) is 0 Å². The standard InChI is InChI=1S/C19H28N6O/c1-4-10-20-19(21-13-18(26)23(2)3)24-11-9-16(14-24)25-17-8-6-5-7-15(17)12-22-25/h5-8,12,16H,4,9-11,13-14H2,1-3H3,(H,20,21). The molecule has 1 unspecified atom stereocenters. The largest absolute Gasteiger partial charge is 0.356 e. The average molecular weight is 356 g/mol. The van der Waals surface area contributed by atoms with E-state index in [9.17, 15) is 4.79 Å². The second-order valence-electron chi connectivity index (χ2n) is 6.89. The molecule has 0 radical (unpaired) electrons. The van der Waals surface area contributed by atoms with E-state index >= 15 is 0 Å². The maximum absolute atomic E-state index is 11.9. The molecule has 1 atom stereocenters. The molecule has 1 aromatic heterocycles. The summed E-state index contributed by atoms with van der Waals surface area (Å²) < 4.78 is 2.12. The molecule has 0 aliphatic carbocycles. The molecule has 1 N–H and O–H groups in total. The highest BCUT2D eigenvalue weighted by molar-refractivity contribution is 5.85. The van der Waals surface area contributed by atoms with Crippen molar-refractivity contribution in [1.82, 2.24) is 24.9 Å². The third-order valence-electron chi connectivity index (χ3n) is 4.71. The molecule has 3 rings (SSSR count). The lowest BCUT2D eigenvalue weighted by atomic mass is 10.2. The van der Waals surface area contributed by atoms with Crippen molar-refractivity contribution in [2.24, 2.45) is 4.99 Å². The number of nitrogens with one attached hydrogen (secondary N) is 1. The van der Waals surface area contributed by atoms with Crippen LogP contribution in [0.25, 0.3) is 10.9 Å². The van der Waals surface area contributed by atoms with Crippen LogP contribution >= 0.6 is 0 Å². The van der Waals surface area contributed by atoms with Gasteiger partial charge in [0.1, 0.15) is 6.54 Å². The van der Waals surface area contributed by atoms with E-state index in [2.05, 4.69) is 50.1 Å². The number of aliphatic imine (C=N–C) groups is 1. The molecule has 1 aromatic carbocycles. The van der Waals surface area contributed by atoms with Crippen molar-refractivity contribution >= 4 is 22.8 Å². The normalized spacial score (nSPS) is 17.7. The van der Waals surface area contributed by atoms with Gasteiger partial charge in [0.2, 0.25) is 5.91 Å². The zero-order chi connectivity index (χ0) is 18.5. The van der Waals surface area contributed by atoms with Crippen LogP contribution in [-0.4, -0.2) is 71.7 Å². The second-order valence-corrected chi connectivity index (χ2v) is 6.89. The minimum atomic E-state index is 0.00890. The number of likely N-dealkylation sites (N-methyl/N-ethyl adjacent to an activating group) is 1. The molecule has 7 heteroatoms. The second kappa shape index (κ2) is 8.21. The lowest BCUT2D eigenvalue weighted by Gasteiger charge is -2.22. The van der Waals surface area contributed by atoms with Crippen LogP contribution in [0.3, 0.4) is 0 Å². The van der Waals surface area contributed by atoms with Gasteiger partial charge < -0.3 is 15.1 Å². The summed E-state index contributed by atoms with van der Waals surface area (Å²) in [7, 11) is 3.51. The quantitative estimate of drug-likeness (QED) is 0.654. The van der Waals surface area contributed by atoms with Crippen LogP contribution < -0.4 is 5.32 Å². The summed E-state index contributed by atoms with van der Waals surface area (Å²) in [6, 6.07) is 8.61. The fourth-order valence-corrected chi connectivity index (χ4v) is 3.21. The van der Waals surface area contributed by atoms with E-state index in [1.807, 2.05) is 12.3 Å². The first kappa shape index (κ1) is 18.2. The minimum absolute atomic E-state index is 0.00890. The van der Waals surface area contributed by atoms with E-state index in [4.69, 9.17) is 0 Å². The Morgan fingerprint density at radius 2 is 2.19 bits per heavy atom. The summed E-state index contributed by atoms with van der Waals surface area (Å²) in [5.41, 5.74) is 1.17. The number of amides is 1. The van der Waals surface area contributed by atoms with Gasteiger partial charge in [0.05, 0.1) is 17.8 Å². The van der Waals surface area contributed by atoms with Gasteiger partial charge in [-0.15, -0.1) is 0 Å². The minimum Gasteiger partial charge on any atom is -0.356 e. The van der Waals surface area contributed by atoms with E-state index in [0.29, 0.717) is 6.04 Å². The van der Waals surface area contributed by atoms with Crippen LogP contribution in [0, 0.1) is 0 Å². The summed E-state index contributed by atoms with van der Waals surface area (Å²) in [6.45, 7) is 4.89. The molecule has 140 valence electrons. The lowest BCUT2D eigenvalue weighted by Crippen LogP contribution is -2.41. The Labute approximate surface area is 154 Å². The van der Waals surface area contributed by atoms with E-state index in [1.165, 1.54) is 10.9 Å². The number of carbonyl (C=O) groups excluding carboxylic acids is 1. The van der Waals surface area contributed by atoms with Crippen LogP contribution in [0.4, 0.5) is 0 Å². The first-order valence-electron chi connectivity index (χ1n) is 9.25. The summed E-state index contributed by atoms with van der Waals surface area (Å²) in [4.78, 5) is 20.3. The smallest absolute Gasteiger partial charge is 0.243 e. The van der Waals surface area contributed by atoms with Gasteiger partial charge in [-0.3, -0.25) is 9.48 Å². The van der Waals surface area contributed by atoms with Crippen molar-refractivity contribution in [1.29, 1.82) is 0 Å². The molecule has 1 fully saturated rings. The Kier molecular flexibility index (Phi) is 5.75. The number of fused-ring (bicyclic) bond motifs is 1. The maximum Gasteiger partial charge on any atom is 0.243 e. The number of hydrogen-bond acceptors (Lipinski definition) is 3. The van der Waals surface area contributed by atoms with E-state index < -0.39 is 0 Å². The van der Waals surface area contributed by atoms with Crippen LogP contribution in [-0.2, 0) is 4.79 Å². The summed E-state index contributed by atoms with van der Waals surface area (Å²) in [6.07, 6.45) is 3.96. The number of likely N-dealkylation sites (tertiary alicyclic amines) is 1. The zero-order valence-corrected chi connectivity index (χ0v) is 15.9. The predicted molar refractivity (Wildman–Crippen MR) is 104 cm³/mol. The van der Waals surface area contributed by atoms with Crippen LogP contribution in [0.2, 0.25) is 0 Å². The number of carbonyl (C=O) groups is 1. The first-order chi connectivity index (χ1) is 12.6. The Morgan fingerprint density at radius 3 is 2.96 bits per heavy atom. The highest BCUT2D eigenvalue weighted by atomic mass is 16.2. The summed E-state index contributed by atoms with van der Waals surface area (Å²) >= 11 is 0. The highest BCUT2D eigenvalue weighted by Crippen LogP contribution is 2.25. The fraction of sp³-hybridized carbons (Fsp3) is 0.526. The molecule has 0 bridgehead atoms. The molecule has 1 amide bonds. The summed E-state index contributed by atoms with van der Waals surface area (Å²) in [5, 5.41) is 9.15.